The van der Waals surface area contributed by atoms with Crippen molar-refractivity contribution in [1.82, 2.24) is 0 Å². The molecule has 0 aromatic carbocycles. The minimum atomic E-state index is -0.251. The zero-order valence-corrected chi connectivity index (χ0v) is 24.8. The Kier molecular flexibility index (Phi) is 7.78. The van der Waals surface area contributed by atoms with Gasteiger partial charge in [-0.2, -0.15) is 0 Å². The molecular formula is C28H24O4S5. The summed E-state index contributed by atoms with van der Waals surface area (Å²) in [6.07, 6.45) is 0.461. The van der Waals surface area contributed by atoms with Crippen LogP contribution in [0.25, 0.3) is 39.0 Å². The predicted octanol–water partition coefficient (Wildman–Crippen LogP) is 8.71. The van der Waals surface area contributed by atoms with Crippen molar-refractivity contribution in [3.63, 3.8) is 0 Å². The molecule has 0 aliphatic heterocycles. The van der Waals surface area contributed by atoms with Gasteiger partial charge in [-0.05, 0) is 73.5 Å². The summed E-state index contributed by atoms with van der Waals surface area (Å²) in [7, 11) is 2.85. The van der Waals surface area contributed by atoms with Crippen molar-refractivity contribution in [3.8, 4) is 39.0 Å². The summed E-state index contributed by atoms with van der Waals surface area (Å²) in [5, 5.41) is 0. The molecule has 5 aromatic rings. The topological polar surface area (TPSA) is 52.6 Å². The molecule has 0 amide bonds. The van der Waals surface area contributed by atoms with Gasteiger partial charge in [-0.1, -0.05) is 0 Å². The minimum absolute atomic E-state index is 0.231. The van der Waals surface area contributed by atoms with E-state index in [0.29, 0.717) is 0 Å². The summed E-state index contributed by atoms with van der Waals surface area (Å²) in [4.78, 5) is 36.0. The summed E-state index contributed by atoms with van der Waals surface area (Å²) < 4.78 is 9.96. The van der Waals surface area contributed by atoms with Crippen LogP contribution in [0.3, 0.4) is 0 Å². The van der Waals surface area contributed by atoms with E-state index in [4.69, 9.17) is 9.47 Å². The largest absolute Gasteiger partial charge is 0.469 e. The average molecular weight is 585 g/mol. The highest BCUT2D eigenvalue weighted by atomic mass is 32.1. The molecule has 0 saturated heterocycles. The van der Waals surface area contributed by atoms with E-state index in [1.165, 1.54) is 33.7 Å². The van der Waals surface area contributed by atoms with E-state index >= 15 is 0 Å². The predicted molar refractivity (Wildman–Crippen MR) is 158 cm³/mol. The molecule has 0 atom stereocenters. The molecule has 0 spiro atoms. The third kappa shape index (κ3) is 5.66. The number of esters is 2. The van der Waals surface area contributed by atoms with Gasteiger partial charge in [0.25, 0.3) is 0 Å². The number of ether oxygens (including phenoxy) is 2. The van der Waals surface area contributed by atoms with E-state index < -0.39 is 0 Å². The maximum Gasteiger partial charge on any atom is 0.310 e. The molecule has 0 fully saturated rings. The third-order valence-corrected chi connectivity index (χ3v) is 12.0. The first-order chi connectivity index (χ1) is 17.8. The fraction of sp³-hybridized carbons (Fsp3) is 0.214. The molecule has 0 bridgehead atoms. The Hall–Kier alpha value is -2.56. The molecule has 5 aromatic heterocycles. The van der Waals surface area contributed by atoms with Gasteiger partial charge in [-0.25, -0.2) is 0 Å². The lowest BCUT2D eigenvalue weighted by molar-refractivity contribution is -0.140. The van der Waals surface area contributed by atoms with Crippen LogP contribution < -0.4 is 0 Å². The van der Waals surface area contributed by atoms with Crippen LogP contribution in [-0.2, 0) is 31.9 Å². The van der Waals surface area contributed by atoms with Crippen LogP contribution in [0, 0.1) is 13.8 Å². The molecular weight excluding hydrogens is 561 g/mol. The number of hydrogen-bond acceptors (Lipinski definition) is 9. The fourth-order valence-corrected chi connectivity index (χ4v) is 9.51. The second-order valence-corrected chi connectivity index (χ2v) is 14.2. The number of thiophene rings is 5. The van der Waals surface area contributed by atoms with Crippen molar-refractivity contribution >= 4 is 68.6 Å². The maximum atomic E-state index is 12.2. The van der Waals surface area contributed by atoms with Crippen LogP contribution in [0.5, 0.6) is 0 Å². The van der Waals surface area contributed by atoms with Gasteiger partial charge in [0.1, 0.15) is 0 Å². The van der Waals surface area contributed by atoms with Gasteiger partial charge < -0.3 is 9.47 Å². The smallest absolute Gasteiger partial charge is 0.310 e. The summed E-state index contributed by atoms with van der Waals surface area (Å²) in [6, 6.07) is 17.0. The summed E-state index contributed by atoms with van der Waals surface area (Å²) in [5.74, 6) is -0.501. The van der Waals surface area contributed by atoms with Crippen LogP contribution in [0.15, 0.2) is 48.5 Å². The van der Waals surface area contributed by atoms with Gasteiger partial charge in [0, 0.05) is 48.8 Å². The summed E-state index contributed by atoms with van der Waals surface area (Å²) >= 11 is 8.61. The van der Waals surface area contributed by atoms with Gasteiger partial charge in [-0.15, -0.1) is 56.7 Å². The second kappa shape index (κ2) is 11.0. The average Bonchev–Trinajstić information content (AvgIpc) is 3.69. The van der Waals surface area contributed by atoms with Gasteiger partial charge in [0.15, 0.2) is 0 Å². The lowest BCUT2D eigenvalue weighted by atomic mass is 10.1. The Morgan fingerprint density at radius 2 is 0.973 bits per heavy atom. The quantitative estimate of drug-likeness (QED) is 0.171. The number of hydrogen-bond donors (Lipinski definition) is 0. The molecule has 9 heteroatoms. The Morgan fingerprint density at radius 3 is 1.32 bits per heavy atom. The molecule has 4 nitrogen and oxygen atoms in total. The number of aryl methyl sites for hydroxylation is 2. The Morgan fingerprint density at radius 1 is 0.568 bits per heavy atom. The van der Waals surface area contributed by atoms with Gasteiger partial charge >= 0.3 is 11.9 Å². The lowest BCUT2D eigenvalue weighted by Gasteiger charge is -2.02. The van der Waals surface area contributed by atoms with Crippen molar-refractivity contribution in [2.24, 2.45) is 0 Å². The highest BCUT2D eigenvalue weighted by Gasteiger charge is 2.21. The monoisotopic (exact) mass is 584 g/mol. The normalized spacial score (nSPS) is 11.1. The first-order valence-electron chi connectivity index (χ1n) is 11.5. The second-order valence-electron chi connectivity index (χ2n) is 8.42. The Labute approximate surface area is 235 Å². The van der Waals surface area contributed by atoms with E-state index in [0.717, 1.165) is 40.4 Å². The van der Waals surface area contributed by atoms with Crippen molar-refractivity contribution in [2.75, 3.05) is 14.2 Å². The van der Waals surface area contributed by atoms with Crippen LogP contribution >= 0.6 is 56.7 Å². The summed E-state index contributed by atoms with van der Waals surface area (Å²) in [5.41, 5.74) is 1.95. The molecule has 0 aliphatic carbocycles. The van der Waals surface area contributed by atoms with Crippen LogP contribution in [0.2, 0.25) is 0 Å². The number of carbonyl (C=O) groups is 2. The fourth-order valence-electron chi connectivity index (χ4n) is 3.95. The minimum Gasteiger partial charge on any atom is -0.469 e. The molecule has 5 rings (SSSR count). The standard InChI is InChI=1S/C28H24O4S5/c1-15-5-7-19(33-15)23-11-17(13-25(29)31-3)27(36-23)21-9-10-22(35-21)28-18(14-26(30)32-4)12-24(37-28)20-8-6-16(2)34-20/h5-12H,13-14H2,1-4H3. The van der Waals surface area contributed by atoms with Crippen molar-refractivity contribution in [2.45, 2.75) is 26.7 Å². The van der Waals surface area contributed by atoms with Crippen LogP contribution in [0.1, 0.15) is 20.9 Å². The summed E-state index contributed by atoms with van der Waals surface area (Å²) in [6.45, 7) is 4.20. The van der Waals surface area contributed by atoms with E-state index in [2.05, 4.69) is 62.4 Å². The number of rotatable bonds is 8. The van der Waals surface area contributed by atoms with E-state index in [1.54, 1.807) is 56.7 Å². The number of carbonyl (C=O) groups excluding carboxylic acids is 2. The van der Waals surface area contributed by atoms with Crippen molar-refractivity contribution in [3.05, 3.63) is 69.4 Å². The van der Waals surface area contributed by atoms with Gasteiger partial charge in [0.05, 0.1) is 27.1 Å². The lowest BCUT2D eigenvalue weighted by Crippen LogP contribution is -2.04. The van der Waals surface area contributed by atoms with E-state index in [-0.39, 0.29) is 24.8 Å². The van der Waals surface area contributed by atoms with Crippen molar-refractivity contribution < 1.29 is 19.1 Å². The zero-order valence-electron chi connectivity index (χ0n) is 20.7. The van der Waals surface area contributed by atoms with Crippen LogP contribution in [0.4, 0.5) is 0 Å². The van der Waals surface area contributed by atoms with E-state index in [9.17, 15) is 9.59 Å². The molecule has 190 valence electrons. The van der Waals surface area contributed by atoms with Crippen LogP contribution in [-0.4, -0.2) is 26.2 Å². The molecule has 0 saturated carbocycles. The first-order valence-corrected chi connectivity index (χ1v) is 15.6. The SMILES string of the molecule is COC(=O)Cc1cc(-c2ccc(C)s2)sc1-c1ccc(-c2sc(-c3ccc(C)s3)cc2CC(=O)OC)s1. The molecule has 0 aliphatic rings. The highest BCUT2D eigenvalue weighted by molar-refractivity contribution is 7.29. The molecule has 0 N–H and O–H groups in total. The van der Waals surface area contributed by atoms with Crippen molar-refractivity contribution in [1.29, 1.82) is 0 Å². The molecule has 0 radical (unpaired) electrons. The Bertz CT molecular complexity index is 1460. The maximum absolute atomic E-state index is 12.2. The first kappa shape index (κ1) is 26.1. The molecule has 37 heavy (non-hydrogen) atoms. The number of methoxy groups -OCH3 is 2. The molecule has 5 heterocycles. The highest BCUT2D eigenvalue weighted by Crippen LogP contribution is 2.47. The van der Waals surface area contributed by atoms with E-state index in [1.807, 2.05) is 0 Å². The molecule has 0 unspecified atom stereocenters. The zero-order chi connectivity index (χ0) is 26.1. The Balaban J connectivity index is 1.55. The van der Waals surface area contributed by atoms with Gasteiger partial charge in [0.2, 0.25) is 0 Å². The van der Waals surface area contributed by atoms with Gasteiger partial charge in [-0.3, -0.25) is 9.59 Å². The third-order valence-electron chi connectivity index (χ3n) is 5.76.